The Morgan fingerprint density at radius 2 is 1.87 bits per heavy atom. The fraction of sp³-hybridized carbons (Fsp3) is 0.600. The maximum atomic E-state index is 11.6. The first-order valence-electron chi connectivity index (χ1n) is 4.90. The minimum Gasteiger partial charge on any atom is -0.212 e. The highest BCUT2D eigenvalue weighted by Crippen LogP contribution is 2.23. The van der Waals surface area contributed by atoms with Crippen LogP contribution in [0, 0.1) is 6.92 Å². The SMILES string of the molecule is Cc1ccc(C(C)NS(=O)(=O)C(C)C)s1. The minimum atomic E-state index is -3.18. The molecule has 1 N–H and O–H groups in total. The smallest absolute Gasteiger partial charge is 0.212 e. The molecule has 1 aromatic rings. The summed E-state index contributed by atoms with van der Waals surface area (Å²) in [5.41, 5.74) is 0. The van der Waals surface area contributed by atoms with E-state index >= 15 is 0 Å². The zero-order valence-corrected chi connectivity index (χ0v) is 11.1. The van der Waals surface area contributed by atoms with Crippen LogP contribution in [-0.2, 0) is 10.0 Å². The highest BCUT2D eigenvalue weighted by atomic mass is 32.2. The van der Waals surface area contributed by atoms with Crippen molar-refractivity contribution in [2.75, 3.05) is 0 Å². The molecule has 1 rings (SSSR count). The summed E-state index contributed by atoms with van der Waals surface area (Å²) >= 11 is 1.62. The molecule has 0 radical (unpaired) electrons. The number of hydrogen-bond acceptors (Lipinski definition) is 3. The van der Waals surface area contributed by atoms with E-state index in [1.165, 1.54) is 4.88 Å². The van der Waals surface area contributed by atoms with E-state index < -0.39 is 10.0 Å². The average molecular weight is 247 g/mol. The van der Waals surface area contributed by atoms with Crippen LogP contribution in [0.15, 0.2) is 12.1 Å². The summed E-state index contributed by atoms with van der Waals surface area (Å²) in [6.45, 7) is 7.23. The van der Waals surface area contributed by atoms with Gasteiger partial charge in [-0.3, -0.25) is 0 Å². The molecule has 3 nitrogen and oxygen atoms in total. The monoisotopic (exact) mass is 247 g/mol. The van der Waals surface area contributed by atoms with E-state index in [-0.39, 0.29) is 11.3 Å². The fourth-order valence-electron chi connectivity index (χ4n) is 1.13. The van der Waals surface area contributed by atoms with Crippen molar-refractivity contribution >= 4 is 21.4 Å². The number of rotatable bonds is 4. The lowest BCUT2D eigenvalue weighted by Crippen LogP contribution is -2.32. The van der Waals surface area contributed by atoms with Gasteiger partial charge in [0.2, 0.25) is 10.0 Å². The van der Waals surface area contributed by atoms with Gasteiger partial charge in [0.25, 0.3) is 0 Å². The van der Waals surface area contributed by atoms with Crippen molar-refractivity contribution in [3.63, 3.8) is 0 Å². The molecule has 0 saturated heterocycles. The van der Waals surface area contributed by atoms with Crippen LogP contribution in [0.2, 0.25) is 0 Å². The van der Waals surface area contributed by atoms with Gasteiger partial charge in [-0.05, 0) is 39.8 Å². The molecule has 0 saturated carbocycles. The second kappa shape index (κ2) is 4.63. The fourth-order valence-corrected chi connectivity index (χ4v) is 2.97. The maximum absolute atomic E-state index is 11.6. The highest BCUT2D eigenvalue weighted by molar-refractivity contribution is 7.90. The van der Waals surface area contributed by atoms with E-state index in [0.717, 1.165) is 4.88 Å². The Morgan fingerprint density at radius 1 is 1.27 bits per heavy atom. The zero-order valence-electron chi connectivity index (χ0n) is 9.44. The molecule has 1 atom stereocenters. The average Bonchev–Trinajstić information content (AvgIpc) is 2.50. The van der Waals surface area contributed by atoms with Crippen molar-refractivity contribution in [1.29, 1.82) is 0 Å². The predicted octanol–water partition coefficient (Wildman–Crippen LogP) is 2.45. The number of aryl methyl sites for hydroxylation is 1. The summed E-state index contributed by atoms with van der Waals surface area (Å²) < 4.78 is 25.9. The van der Waals surface area contributed by atoms with Gasteiger partial charge in [-0.1, -0.05) is 0 Å². The first kappa shape index (κ1) is 12.7. The van der Waals surface area contributed by atoms with Gasteiger partial charge in [-0.25, -0.2) is 13.1 Å². The molecule has 0 aliphatic carbocycles. The second-order valence-corrected chi connectivity index (χ2v) is 7.47. The van der Waals surface area contributed by atoms with E-state index in [0.29, 0.717) is 0 Å². The minimum absolute atomic E-state index is 0.143. The summed E-state index contributed by atoms with van der Waals surface area (Å²) in [6.07, 6.45) is 0. The number of sulfonamides is 1. The Bertz CT molecular complexity index is 420. The molecule has 5 heteroatoms. The van der Waals surface area contributed by atoms with Gasteiger partial charge in [-0.2, -0.15) is 0 Å². The molecule has 0 aliphatic heterocycles. The van der Waals surface area contributed by atoms with Gasteiger partial charge >= 0.3 is 0 Å². The van der Waals surface area contributed by atoms with Crippen LogP contribution in [0.25, 0.3) is 0 Å². The first-order valence-corrected chi connectivity index (χ1v) is 7.26. The van der Waals surface area contributed by atoms with Crippen LogP contribution in [-0.4, -0.2) is 13.7 Å². The molecule has 0 bridgehead atoms. The summed E-state index contributed by atoms with van der Waals surface area (Å²) in [5.74, 6) is 0. The Morgan fingerprint density at radius 3 is 2.27 bits per heavy atom. The number of thiophene rings is 1. The Balaban J connectivity index is 2.76. The summed E-state index contributed by atoms with van der Waals surface area (Å²) in [4.78, 5) is 2.25. The lowest BCUT2D eigenvalue weighted by atomic mass is 10.3. The molecule has 0 amide bonds. The molecule has 1 heterocycles. The van der Waals surface area contributed by atoms with Gasteiger partial charge in [0, 0.05) is 9.75 Å². The standard InChI is InChI=1S/C10H17NO2S2/c1-7(2)15(12,13)11-9(4)10-6-5-8(3)14-10/h5-7,9,11H,1-4H3. The predicted molar refractivity (Wildman–Crippen MR) is 64.7 cm³/mol. The van der Waals surface area contributed by atoms with E-state index in [9.17, 15) is 8.42 Å². The summed E-state index contributed by atoms with van der Waals surface area (Å²) in [5, 5.41) is -0.388. The molecule has 0 aliphatic rings. The summed E-state index contributed by atoms with van der Waals surface area (Å²) in [6, 6.07) is 3.82. The van der Waals surface area contributed by atoms with Crippen LogP contribution in [0.3, 0.4) is 0 Å². The van der Waals surface area contributed by atoms with Crippen molar-refractivity contribution < 1.29 is 8.42 Å². The molecule has 15 heavy (non-hydrogen) atoms. The molecule has 0 spiro atoms. The Kier molecular flexibility index (Phi) is 3.92. The third-order valence-corrected chi connectivity index (χ3v) is 5.26. The molecule has 0 aromatic carbocycles. The zero-order chi connectivity index (χ0) is 11.6. The van der Waals surface area contributed by atoms with Crippen molar-refractivity contribution in [3.8, 4) is 0 Å². The van der Waals surface area contributed by atoms with Crippen molar-refractivity contribution in [3.05, 3.63) is 21.9 Å². The normalized spacial score (nSPS) is 14.5. The van der Waals surface area contributed by atoms with Gasteiger partial charge in [0.15, 0.2) is 0 Å². The van der Waals surface area contributed by atoms with Crippen LogP contribution in [0.4, 0.5) is 0 Å². The van der Waals surface area contributed by atoms with Gasteiger partial charge in [-0.15, -0.1) is 11.3 Å². The first-order chi connectivity index (χ1) is 6.83. The summed E-state index contributed by atoms with van der Waals surface area (Å²) in [7, 11) is -3.18. The quantitative estimate of drug-likeness (QED) is 0.888. The largest absolute Gasteiger partial charge is 0.214 e. The third kappa shape index (κ3) is 3.29. The molecular formula is C10H17NO2S2. The molecular weight excluding hydrogens is 230 g/mol. The van der Waals surface area contributed by atoms with Gasteiger partial charge in [0.1, 0.15) is 0 Å². The van der Waals surface area contributed by atoms with Crippen molar-refractivity contribution in [1.82, 2.24) is 4.72 Å². The molecule has 86 valence electrons. The van der Waals surface area contributed by atoms with E-state index in [2.05, 4.69) is 4.72 Å². The van der Waals surface area contributed by atoms with E-state index in [1.54, 1.807) is 25.2 Å². The number of hydrogen-bond donors (Lipinski definition) is 1. The Labute approximate surface area is 95.6 Å². The maximum Gasteiger partial charge on any atom is 0.214 e. The highest BCUT2D eigenvalue weighted by Gasteiger charge is 2.20. The van der Waals surface area contributed by atoms with Crippen LogP contribution in [0.1, 0.15) is 36.6 Å². The molecule has 1 unspecified atom stereocenters. The van der Waals surface area contributed by atoms with Crippen molar-refractivity contribution in [2.45, 2.75) is 39.0 Å². The van der Waals surface area contributed by atoms with Crippen LogP contribution >= 0.6 is 11.3 Å². The van der Waals surface area contributed by atoms with Gasteiger partial charge < -0.3 is 0 Å². The lowest BCUT2D eigenvalue weighted by molar-refractivity contribution is 0.559. The van der Waals surface area contributed by atoms with E-state index in [1.807, 2.05) is 26.0 Å². The second-order valence-electron chi connectivity index (χ2n) is 3.88. The van der Waals surface area contributed by atoms with E-state index in [4.69, 9.17) is 0 Å². The third-order valence-electron chi connectivity index (χ3n) is 2.15. The molecule has 0 fully saturated rings. The number of nitrogens with one attached hydrogen (secondary N) is 1. The van der Waals surface area contributed by atoms with Crippen LogP contribution < -0.4 is 4.72 Å². The van der Waals surface area contributed by atoms with Crippen LogP contribution in [0.5, 0.6) is 0 Å². The Hall–Kier alpha value is -0.390. The van der Waals surface area contributed by atoms with Gasteiger partial charge in [0.05, 0.1) is 11.3 Å². The topological polar surface area (TPSA) is 46.2 Å². The van der Waals surface area contributed by atoms with Crippen molar-refractivity contribution in [2.24, 2.45) is 0 Å². The molecule has 1 aromatic heterocycles. The lowest BCUT2D eigenvalue weighted by Gasteiger charge is -2.14.